The van der Waals surface area contributed by atoms with Crippen molar-refractivity contribution >= 4 is 28.0 Å². The zero-order valence-corrected chi connectivity index (χ0v) is 16.8. The number of ether oxygens (including phenoxy) is 2. The normalized spacial score (nSPS) is 20.2. The van der Waals surface area contributed by atoms with Gasteiger partial charge in [-0.05, 0) is 51.3 Å². The number of likely N-dealkylation sites (tertiary alicyclic amines) is 1. The van der Waals surface area contributed by atoms with Crippen LogP contribution < -0.4 is 0 Å². The number of hydrogen-bond donors (Lipinski definition) is 1. The fraction of sp³-hybridized carbons (Fsp3) is 0.579. The summed E-state index contributed by atoms with van der Waals surface area (Å²) in [7, 11) is 0. The largest absolute Gasteiger partial charge is 0.480 e. The van der Waals surface area contributed by atoms with Gasteiger partial charge < -0.3 is 19.5 Å². The lowest BCUT2D eigenvalue weighted by molar-refractivity contribution is -0.220. The molecule has 1 aliphatic heterocycles. The maximum Gasteiger partial charge on any atom is 0.410 e. The Balaban J connectivity index is 1.67. The van der Waals surface area contributed by atoms with Crippen LogP contribution in [0.15, 0.2) is 28.7 Å². The first-order chi connectivity index (χ1) is 12.0. The number of amides is 1. The van der Waals surface area contributed by atoms with Crippen LogP contribution in [0.5, 0.6) is 0 Å². The van der Waals surface area contributed by atoms with Crippen LogP contribution in [0, 0.1) is 5.41 Å². The predicted molar refractivity (Wildman–Crippen MR) is 98.9 cm³/mol. The van der Waals surface area contributed by atoms with E-state index in [2.05, 4.69) is 15.9 Å². The van der Waals surface area contributed by atoms with Gasteiger partial charge in [0, 0.05) is 23.0 Å². The first kappa shape index (κ1) is 19.2. The van der Waals surface area contributed by atoms with Crippen LogP contribution in [0.25, 0.3) is 0 Å². The molecule has 1 saturated heterocycles. The lowest BCUT2D eigenvalue weighted by Gasteiger charge is -2.63. The summed E-state index contributed by atoms with van der Waals surface area (Å²) < 4.78 is 12.2. The highest BCUT2D eigenvalue weighted by Crippen LogP contribution is 2.60. The molecule has 26 heavy (non-hydrogen) atoms. The van der Waals surface area contributed by atoms with Crippen molar-refractivity contribution in [1.82, 2.24) is 4.90 Å². The van der Waals surface area contributed by atoms with E-state index in [4.69, 9.17) is 14.6 Å². The number of carboxylic acids is 1. The standard InChI is InChI=1S/C19H24BrNO5/c1-17(2,3)26-16(24)21-11-18(12-21)9-19(10-18,25-8-15(22)23)13-5-4-6-14(20)7-13/h4-7H,8-12H2,1-3H3,(H,22,23). The van der Waals surface area contributed by atoms with E-state index in [0.717, 1.165) is 10.0 Å². The molecule has 1 spiro atoms. The number of hydrogen-bond acceptors (Lipinski definition) is 4. The van der Waals surface area contributed by atoms with Gasteiger partial charge in [0.05, 0.1) is 5.60 Å². The summed E-state index contributed by atoms with van der Waals surface area (Å²) in [6.45, 7) is 6.45. The number of carbonyl (C=O) groups is 2. The molecule has 6 nitrogen and oxygen atoms in total. The summed E-state index contributed by atoms with van der Waals surface area (Å²) in [5.41, 5.74) is -0.168. The Labute approximate surface area is 161 Å². The lowest BCUT2D eigenvalue weighted by Crippen LogP contribution is -2.68. The molecule has 1 aliphatic carbocycles. The molecular weight excluding hydrogens is 402 g/mol. The molecule has 7 heteroatoms. The van der Waals surface area contributed by atoms with E-state index in [-0.39, 0.29) is 18.1 Å². The Hall–Kier alpha value is -1.60. The second-order valence-corrected chi connectivity index (χ2v) is 9.29. The van der Waals surface area contributed by atoms with Crippen molar-refractivity contribution in [1.29, 1.82) is 0 Å². The first-order valence-corrected chi connectivity index (χ1v) is 9.42. The summed E-state index contributed by atoms with van der Waals surface area (Å²) in [6.07, 6.45) is 1.10. The quantitative estimate of drug-likeness (QED) is 0.793. The monoisotopic (exact) mass is 425 g/mol. The van der Waals surface area contributed by atoms with Gasteiger partial charge >= 0.3 is 12.1 Å². The minimum atomic E-state index is -0.982. The van der Waals surface area contributed by atoms with Crippen LogP contribution in [0.4, 0.5) is 4.79 Å². The van der Waals surface area contributed by atoms with Gasteiger partial charge in [0.2, 0.25) is 0 Å². The number of carbonyl (C=O) groups excluding carboxylic acids is 1. The summed E-state index contributed by atoms with van der Waals surface area (Å²) in [6, 6.07) is 7.78. The van der Waals surface area contributed by atoms with Gasteiger partial charge in [0.15, 0.2) is 0 Å². The highest BCUT2D eigenvalue weighted by molar-refractivity contribution is 9.10. The molecule has 0 bridgehead atoms. The Morgan fingerprint density at radius 2 is 1.92 bits per heavy atom. The van der Waals surface area contributed by atoms with Crippen LogP contribution in [0.2, 0.25) is 0 Å². The van der Waals surface area contributed by atoms with Gasteiger partial charge in [-0.2, -0.15) is 0 Å². The molecular formula is C19H24BrNO5. The van der Waals surface area contributed by atoms with Gasteiger partial charge in [0.1, 0.15) is 12.2 Å². The Bertz CT molecular complexity index is 713. The smallest absolute Gasteiger partial charge is 0.410 e. The van der Waals surface area contributed by atoms with E-state index in [0.29, 0.717) is 25.9 Å². The summed E-state index contributed by atoms with van der Waals surface area (Å²) in [5.74, 6) is -0.982. The first-order valence-electron chi connectivity index (χ1n) is 8.62. The predicted octanol–water partition coefficient (Wildman–Crippen LogP) is 3.78. The summed E-state index contributed by atoms with van der Waals surface area (Å²) >= 11 is 3.46. The minimum absolute atomic E-state index is 0.0161. The second kappa shape index (κ2) is 6.53. The van der Waals surface area contributed by atoms with Gasteiger partial charge in [-0.15, -0.1) is 0 Å². The van der Waals surface area contributed by atoms with Crippen LogP contribution in [0.1, 0.15) is 39.2 Å². The molecule has 142 valence electrons. The van der Waals surface area contributed by atoms with Crippen molar-refractivity contribution in [3.05, 3.63) is 34.3 Å². The van der Waals surface area contributed by atoms with E-state index in [1.807, 2.05) is 45.0 Å². The molecule has 1 aromatic rings. The van der Waals surface area contributed by atoms with Crippen molar-refractivity contribution in [2.24, 2.45) is 5.41 Å². The highest BCUT2D eigenvalue weighted by atomic mass is 79.9. The molecule has 3 rings (SSSR count). The lowest BCUT2D eigenvalue weighted by atomic mass is 9.53. The third kappa shape index (κ3) is 3.88. The third-order valence-electron chi connectivity index (χ3n) is 4.85. The third-order valence-corrected chi connectivity index (χ3v) is 5.34. The fourth-order valence-electron chi connectivity index (χ4n) is 3.96. The maximum absolute atomic E-state index is 12.1. The van der Waals surface area contributed by atoms with Crippen LogP contribution in [-0.2, 0) is 19.9 Å². The maximum atomic E-state index is 12.1. The summed E-state index contributed by atoms with van der Waals surface area (Å²) in [5, 5.41) is 9.02. The fourth-order valence-corrected chi connectivity index (χ4v) is 4.36. The molecule has 1 aromatic carbocycles. The number of rotatable bonds is 4. The highest BCUT2D eigenvalue weighted by Gasteiger charge is 2.62. The topological polar surface area (TPSA) is 76.1 Å². The number of carboxylic acid groups (broad SMARTS) is 1. The SMILES string of the molecule is CC(C)(C)OC(=O)N1CC2(C1)CC(OCC(=O)O)(c1cccc(Br)c1)C2. The van der Waals surface area contributed by atoms with Crippen LogP contribution in [-0.4, -0.2) is 47.4 Å². The molecule has 0 radical (unpaired) electrons. The molecule has 1 saturated carbocycles. The Morgan fingerprint density at radius 1 is 1.27 bits per heavy atom. The molecule has 1 N–H and O–H groups in total. The van der Waals surface area contributed by atoms with Crippen molar-refractivity contribution < 1.29 is 24.2 Å². The van der Waals surface area contributed by atoms with E-state index in [1.165, 1.54) is 0 Å². The molecule has 0 aromatic heterocycles. The molecule has 1 amide bonds. The Morgan fingerprint density at radius 3 is 2.46 bits per heavy atom. The molecule has 1 heterocycles. The number of benzene rings is 1. The van der Waals surface area contributed by atoms with E-state index < -0.39 is 17.2 Å². The van der Waals surface area contributed by atoms with E-state index in [1.54, 1.807) is 4.90 Å². The molecule has 2 aliphatic rings. The molecule has 0 atom stereocenters. The zero-order valence-electron chi connectivity index (χ0n) is 15.3. The average molecular weight is 426 g/mol. The van der Waals surface area contributed by atoms with E-state index >= 15 is 0 Å². The van der Waals surface area contributed by atoms with Gasteiger partial charge in [-0.3, -0.25) is 0 Å². The number of aliphatic carboxylic acids is 1. The average Bonchev–Trinajstić information content (AvgIpc) is 2.42. The summed E-state index contributed by atoms with van der Waals surface area (Å²) in [4.78, 5) is 24.8. The van der Waals surface area contributed by atoms with Crippen molar-refractivity contribution in [3.8, 4) is 0 Å². The minimum Gasteiger partial charge on any atom is -0.480 e. The van der Waals surface area contributed by atoms with E-state index in [9.17, 15) is 9.59 Å². The van der Waals surface area contributed by atoms with Crippen molar-refractivity contribution in [2.45, 2.75) is 44.8 Å². The second-order valence-electron chi connectivity index (χ2n) is 8.38. The van der Waals surface area contributed by atoms with Crippen molar-refractivity contribution in [3.63, 3.8) is 0 Å². The zero-order chi connectivity index (χ0) is 19.2. The van der Waals surface area contributed by atoms with Gasteiger partial charge in [-0.25, -0.2) is 9.59 Å². The molecule has 2 fully saturated rings. The van der Waals surface area contributed by atoms with Gasteiger partial charge in [0.25, 0.3) is 0 Å². The van der Waals surface area contributed by atoms with Crippen LogP contribution >= 0.6 is 15.9 Å². The Kier molecular flexibility index (Phi) is 4.82. The van der Waals surface area contributed by atoms with Gasteiger partial charge in [-0.1, -0.05) is 28.1 Å². The van der Waals surface area contributed by atoms with Crippen LogP contribution in [0.3, 0.4) is 0 Å². The number of halogens is 1. The molecule has 0 unspecified atom stereocenters. The number of nitrogens with zero attached hydrogens (tertiary/aromatic N) is 1. The van der Waals surface area contributed by atoms with Crippen molar-refractivity contribution in [2.75, 3.05) is 19.7 Å².